The molecule has 7 nitrogen and oxygen atoms in total. The van der Waals surface area contributed by atoms with Crippen molar-refractivity contribution in [3.8, 4) is 17.2 Å². The molecule has 1 saturated heterocycles. The number of H-pyrrole nitrogens is 1. The van der Waals surface area contributed by atoms with Gasteiger partial charge in [0.1, 0.15) is 23.9 Å². The predicted octanol–water partition coefficient (Wildman–Crippen LogP) is 4.47. The fraction of sp³-hybridized carbons (Fsp3) is 0.207. The molecule has 0 atom stereocenters. The number of aromatic nitrogens is 1. The van der Waals surface area contributed by atoms with Gasteiger partial charge in [0.25, 0.3) is 0 Å². The van der Waals surface area contributed by atoms with Crippen molar-refractivity contribution >= 4 is 22.8 Å². The molecule has 6 rings (SSSR count). The van der Waals surface area contributed by atoms with E-state index in [1.54, 1.807) is 18.2 Å². The number of nitrogens with zero attached hydrogens (tertiary/aromatic N) is 1. The van der Waals surface area contributed by atoms with Crippen LogP contribution >= 0.6 is 0 Å². The molecule has 2 aliphatic rings. The zero-order valence-electron chi connectivity index (χ0n) is 19.8. The molecule has 182 valence electrons. The monoisotopic (exact) mass is 481 g/mol. The van der Waals surface area contributed by atoms with Gasteiger partial charge in [-0.25, -0.2) is 0 Å². The SMILES string of the molecule is O=C1C(=Cc2c[nH]c3c(OCc4ccccc4)cccc23)Oc2c1ccc(O)c2CN1CCNCC1. The Kier molecular flexibility index (Phi) is 5.93. The summed E-state index contributed by atoms with van der Waals surface area (Å²) in [5.74, 6) is 1.40. The summed E-state index contributed by atoms with van der Waals surface area (Å²) in [5.41, 5.74) is 3.92. The fourth-order valence-corrected chi connectivity index (χ4v) is 4.81. The van der Waals surface area contributed by atoms with Crippen LogP contribution in [0.25, 0.3) is 17.0 Å². The van der Waals surface area contributed by atoms with Crippen molar-refractivity contribution in [2.75, 3.05) is 26.2 Å². The van der Waals surface area contributed by atoms with Gasteiger partial charge in [-0.15, -0.1) is 0 Å². The van der Waals surface area contributed by atoms with Gasteiger partial charge in [0, 0.05) is 49.9 Å². The lowest BCUT2D eigenvalue weighted by molar-refractivity contribution is 0.101. The number of Topliss-reactive ketones (excluding diaryl/α,β-unsaturated/α-hetero) is 1. The quantitative estimate of drug-likeness (QED) is 0.352. The minimum absolute atomic E-state index is 0.147. The number of aromatic amines is 1. The number of hydrogen-bond acceptors (Lipinski definition) is 6. The van der Waals surface area contributed by atoms with Crippen molar-refractivity contribution in [2.24, 2.45) is 0 Å². The highest BCUT2D eigenvalue weighted by molar-refractivity contribution is 6.15. The highest BCUT2D eigenvalue weighted by Gasteiger charge is 2.32. The number of fused-ring (bicyclic) bond motifs is 2. The number of allylic oxidation sites excluding steroid dienone is 1. The molecule has 1 aromatic heterocycles. The number of carbonyl (C=O) groups is 1. The van der Waals surface area contributed by atoms with Crippen LogP contribution in [0.15, 0.2) is 72.6 Å². The third kappa shape index (κ3) is 4.23. The first-order valence-electron chi connectivity index (χ1n) is 12.2. The maximum Gasteiger partial charge on any atom is 0.231 e. The summed E-state index contributed by atoms with van der Waals surface area (Å²) >= 11 is 0. The van der Waals surface area contributed by atoms with Gasteiger partial charge in [-0.1, -0.05) is 42.5 Å². The van der Waals surface area contributed by atoms with E-state index in [0.717, 1.165) is 54.0 Å². The third-order valence-corrected chi connectivity index (χ3v) is 6.74. The Balaban J connectivity index is 1.27. The van der Waals surface area contributed by atoms with Crippen molar-refractivity contribution in [3.05, 3.63) is 94.9 Å². The molecular formula is C29H27N3O4. The molecule has 0 saturated carbocycles. The molecule has 4 aromatic rings. The van der Waals surface area contributed by atoms with E-state index >= 15 is 0 Å². The van der Waals surface area contributed by atoms with Crippen molar-refractivity contribution in [2.45, 2.75) is 13.2 Å². The van der Waals surface area contributed by atoms with Crippen molar-refractivity contribution in [3.63, 3.8) is 0 Å². The van der Waals surface area contributed by atoms with Crippen LogP contribution in [0.5, 0.6) is 17.2 Å². The average Bonchev–Trinajstić information content (AvgIpc) is 3.47. The number of phenols is 1. The lowest BCUT2D eigenvalue weighted by atomic mass is 10.0. The normalized spacial score (nSPS) is 16.9. The summed E-state index contributed by atoms with van der Waals surface area (Å²) in [6.45, 7) is 4.56. The maximum absolute atomic E-state index is 13.2. The van der Waals surface area contributed by atoms with E-state index in [2.05, 4.69) is 15.2 Å². The van der Waals surface area contributed by atoms with E-state index in [-0.39, 0.29) is 17.3 Å². The summed E-state index contributed by atoms with van der Waals surface area (Å²) in [6.07, 6.45) is 3.61. The van der Waals surface area contributed by atoms with Gasteiger partial charge in [0.15, 0.2) is 5.76 Å². The first-order chi connectivity index (χ1) is 17.7. The molecule has 3 heterocycles. The zero-order chi connectivity index (χ0) is 24.5. The van der Waals surface area contributed by atoms with Gasteiger partial charge in [0.05, 0.1) is 16.6 Å². The smallest absolute Gasteiger partial charge is 0.231 e. The van der Waals surface area contributed by atoms with Gasteiger partial charge in [0.2, 0.25) is 5.78 Å². The molecule has 1 fully saturated rings. The van der Waals surface area contributed by atoms with Crippen LogP contribution < -0.4 is 14.8 Å². The number of phenolic OH excluding ortho intramolecular Hbond substituents is 1. The van der Waals surface area contributed by atoms with E-state index in [1.165, 1.54) is 0 Å². The van der Waals surface area contributed by atoms with Crippen LogP contribution in [0, 0.1) is 0 Å². The van der Waals surface area contributed by atoms with E-state index in [9.17, 15) is 9.90 Å². The number of ether oxygens (including phenoxy) is 2. The Hall–Kier alpha value is -4.07. The second kappa shape index (κ2) is 9.53. The van der Waals surface area contributed by atoms with Gasteiger partial charge in [-0.3, -0.25) is 9.69 Å². The number of carbonyl (C=O) groups excluding carboxylic acids is 1. The minimum Gasteiger partial charge on any atom is -0.507 e. The average molecular weight is 482 g/mol. The Bertz CT molecular complexity index is 1450. The van der Waals surface area contributed by atoms with Gasteiger partial charge >= 0.3 is 0 Å². The third-order valence-electron chi connectivity index (χ3n) is 6.74. The molecule has 0 spiro atoms. The lowest BCUT2D eigenvalue weighted by Gasteiger charge is -2.27. The second-order valence-corrected chi connectivity index (χ2v) is 9.10. The molecule has 2 aliphatic heterocycles. The Labute approximate surface area is 209 Å². The Morgan fingerprint density at radius 2 is 1.86 bits per heavy atom. The molecule has 3 N–H and O–H groups in total. The van der Waals surface area contributed by atoms with E-state index in [1.807, 2.05) is 54.7 Å². The molecule has 36 heavy (non-hydrogen) atoms. The topological polar surface area (TPSA) is 86.8 Å². The van der Waals surface area contributed by atoms with E-state index < -0.39 is 0 Å². The highest BCUT2D eigenvalue weighted by Crippen LogP contribution is 2.40. The molecule has 0 amide bonds. The zero-order valence-corrected chi connectivity index (χ0v) is 19.8. The second-order valence-electron chi connectivity index (χ2n) is 9.10. The van der Waals surface area contributed by atoms with Crippen LogP contribution in [0.1, 0.15) is 27.0 Å². The number of nitrogens with one attached hydrogen (secondary N) is 2. The number of rotatable bonds is 6. The maximum atomic E-state index is 13.2. The lowest BCUT2D eigenvalue weighted by Crippen LogP contribution is -2.42. The van der Waals surface area contributed by atoms with Crippen LogP contribution in [0.3, 0.4) is 0 Å². The van der Waals surface area contributed by atoms with Gasteiger partial charge in [-0.05, 0) is 29.8 Å². The molecule has 0 unspecified atom stereocenters. The Morgan fingerprint density at radius 3 is 2.69 bits per heavy atom. The van der Waals surface area contributed by atoms with Crippen LogP contribution in [-0.2, 0) is 13.2 Å². The summed E-state index contributed by atoms with van der Waals surface area (Å²) in [7, 11) is 0. The van der Waals surface area contributed by atoms with Crippen molar-refractivity contribution in [1.82, 2.24) is 15.2 Å². The molecule has 0 bridgehead atoms. The number of piperazine rings is 1. The fourth-order valence-electron chi connectivity index (χ4n) is 4.81. The highest BCUT2D eigenvalue weighted by atomic mass is 16.5. The van der Waals surface area contributed by atoms with Gasteiger partial charge in [-0.2, -0.15) is 0 Å². The molecule has 7 heteroatoms. The number of aromatic hydroxyl groups is 1. The summed E-state index contributed by atoms with van der Waals surface area (Å²) in [4.78, 5) is 18.7. The first-order valence-corrected chi connectivity index (χ1v) is 12.2. The molecular weight excluding hydrogens is 454 g/mol. The largest absolute Gasteiger partial charge is 0.507 e. The number of hydrogen-bond donors (Lipinski definition) is 3. The van der Waals surface area contributed by atoms with Crippen LogP contribution in [-0.4, -0.2) is 47.0 Å². The van der Waals surface area contributed by atoms with Crippen molar-refractivity contribution < 1.29 is 19.4 Å². The standard InChI is InChI=1S/C29H27N3O4/c33-24-10-9-22-28(34)26(36-29(22)23(24)17-32-13-11-30-12-14-32)15-20-16-31-27-21(20)7-4-8-25(27)35-18-19-5-2-1-3-6-19/h1-10,15-16,30-31,33H,11-14,17-18H2. The van der Waals surface area contributed by atoms with Crippen LogP contribution in [0.2, 0.25) is 0 Å². The first kappa shape index (κ1) is 22.4. The predicted molar refractivity (Wildman–Crippen MR) is 138 cm³/mol. The molecule has 0 radical (unpaired) electrons. The van der Waals surface area contributed by atoms with Crippen molar-refractivity contribution in [1.29, 1.82) is 0 Å². The number of para-hydroxylation sites is 1. The van der Waals surface area contributed by atoms with Crippen LogP contribution in [0.4, 0.5) is 0 Å². The number of benzene rings is 3. The summed E-state index contributed by atoms with van der Waals surface area (Å²) in [5, 5.41) is 14.8. The Morgan fingerprint density at radius 1 is 1.03 bits per heavy atom. The minimum atomic E-state index is -0.183. The number of ketones is 1. The van der Waals surface area contributed by atoms with Gasteiger partial charge < -0.3 is 24.9 Å². The molecule has 0 aliphatic carbocycles. The molecule has 3 aromatic carbocycles. The van der Waals surface area contributed by atoms with E-state index in [0.29, 0.717) is 30.0 Å². The summed E-state index contributed by atoms with van der Waals surface area (Å²) in [6, 6.07) is 19.1. The summed E-state index contributed by atoms with van der Waals surface area (Å²) < 4.78 is 12.2. The van der Waals surface area contributed by atoms with E-state index in [4.69, 9.17) is 9.47 Å².